The number of hydrogen-bond donors (Lipinski definition) is 1. The zero-order valence-corrected chi connectivity index (χ0v) is 13.7. The summed E-state index contributed by atoms with van der Waals surface area (Å²) in [7, 11) is 0. The fourth-order valence-corrected chi connectivity index (χ4v) is 2.09. The molecule has 0 heterocycles. The van der Waals surface area contributed by atoms with E-state index in [1.165, 1.54) is 6.08 Å². The molecule has 2 rings (SSSR count). The Hall–Kier alpha value is -1.14. The number of rotatable bonds is 4. The summed E-state index contributed by atoms with van der Waals surface area (Å²) in [6.45, 7) is 0. The van der Waals surface area contributed by atoms with Gasteiger partial charge in [0.1, 0.15) is 0 Å². The van der Waals surface area contributed by atoms with Gasteiger partial charge in [-0.1, -0.05) is 28.1 Å². The third-order valence-corrected chi connectivity index (χ3v) is 3.71. The average Bonchev–Trinajstić information content (AvgIpc) is 2.41. The topological polar surface area (TPSA) is 29.1 Å². The third kappa shape index (κ3) is 4.47. The number of carbonyl (C=O) groups excluding carboxylic acids is 1. The first-order chi connectivity index (χ1) is 9.15. The maximum atomic E-state index is 11.9. The van der Waals surface area contributed by atoms with Crippen LogP contribution < -0.4 is 5.32 Å². The first kappa shape index (κ1) is 14.3. The third-order valence-electron chi connectivity index (χ3n) is 2.46. The quantitative estimate of drug-likeness (QED) is 0.428. The van der Waals surface area contributed by atoms with Gasteiger partial charge in [0.05, 0.1) is 0 Å². The Morgan fingerprint density at radius 2 is 1.68 bits per heavy atom. The molecule has 0 radical (unpaired) electrons. The van der Waals surface area contributed by atoms with E-state index in [9.17, 15) is 4.79 Å². The number of benzene rings is 2. The summed E-state index contributed by atoms with van der Waals surface area (Å²) in [4.78, 5) is 11.9. The Labute approximate surface area is 134 Å². The second-order valence-corrected chi connectivity index (χ2v) is 6.02. The predicted octanol–water partition coefficient (Wildman–Crippen LogP) is 4.86. The number of halogens is 2. The van der Waals surface area contributed by atoms with Crippen molar-refractivity contribution in [3.05, 3.63) is 74.4 Å². The standard InChI is InChI=1S/C15H11BrINO/c16-12-3-7-14(8-4-12)18-10-9-15(19)11-1-5-13(17)6-2-11/h1-10,18H/b10-9+. The van der Waals surface area contributed by atoms with Crippen molar-refractivity contribution in [3.8, 4) is 0 Å². The van der Waals surface area contributed by atoms with E-state index >= 15 is 0 Å². The van der Waals surface area contributed by atoms with Crippen LogP contribution in [0.2, 0.25) is 0 Å². The Kier molecular flexibility index (Phi) is 5.15. The van der Waals surface area contributed by atoms with E-state index < -0.39 is 0 Å². The van der Waals surface area contributed by atoms with Crippen molar-refractivity contribution in [2.75, 3.05) is 5.32 Å². The summed E-state index contributed by atoms with van der Waals surface area (Å²) in [5, 5.41) is 3.06. The second-order valence-electron chi connectivity index (χ2n) is 3.86. The van der Waals surface area contributed by atoms with Crippen molar-refractivity contribution in [1.82, 2.24) is 0 Å². The molecule has 2 aromatic rings. The van der Waals surface area contributed by atoms with Crippen LogP contribution in [0.5, 0.6) is 0 Å². The van der Waals surface area contributed by atoms with Crippen molar-refractivity contribution in [3.63, 3.8) is 0 Å². The van der Waals surface area contributed by atoms with Gasteiger partial charge in [0, 0.05) is 31.6 Å². The molecule has 0 aliphatic rings. The molecule has 0 spiro atoms. The normalized spacial score (nSPS) is 10.6. The lowest BCUT2D eigenvalue weighted by atomic mass is 10.1. The molecule has 0 aliphatic heterocycles. The molecular weight excluding hydrogens is 417 g/mol. The van der Waals surface area contributed by atoms with E-state index in [0.29, 0.717) is 5.56 Å². The highest BCUT2D eigenvalue weighted by molar-refractivity contribution is 14.1. The van der Waals surface area contributed by atoms with Crippen molar-refractivity contribution >= 4 is 50.0 Å². The van der Waals surface area contributed by atoms with Gasteiger partial charge in [-0.3, -0.25) is 4.79 Å². The Morgan fingerprint density at radius 1 is 1.05 bits per heavy atom. The molecule has 0 bridgehead atoms. The first-order valence-corrected chi connectivity index (χ1v) is 7.51. The molecule has 0 amide bonds. The lowest BCUT2D eigenvalue weighted by Gasteiger charge is -2.00. The van der Waals surface area contributed by atoms with Crippen molar-refractivity contribution < 1.29 is 4.79 Å². The Bertz CT molecular complexity index is 591. The number of carbonyl (C=O) groups is 1. The molecule has 2 aromatic carbocycles. The fourth-order valence-electron chi connectivity index (χ4n) is 1.47. The lowest BCUT2D eigenvalue weighted by Crippen LogP contribution is -1.96. The summed E-state index contributed by atoms with van der Waals surface area (Å²) in [6, 6.07) is 15.2. The van der Waals surface area contributed by atoms with Gasteiger partial charge in [-0.25, -0.2) is 0 Å². The first-order valence-electron chi connectivity index (χ1n) is 5.64. The molecule has 2 nitrogen and oxygen atoms in total. The number of ketones is 1. The van der Waals surface area contributed by atoms with Crippen LogP contribution in [-0.4, -0.2) is 5.78 Å². The summed E-state index contributed by atoms with van der Waals surface area (Å²) in [6.07, 6.45) is 3.19. The van der Waals surface area contributed by atoms with Gasteiger partial charge < -0.3 is 5.32 Å². The SMILES string of the molecule is O=C(/C=C/Nc1ccc(Br)cc1)c1ccc(I)cc1. The number of anilines is 1. The van der Waals surface area contributed by atoms with Crippen LogP contribution in [0.1, 0.15) is 10.4 Å². The van der Waals surface area contributed by atoms with E-state index in [1.807, 2.05) is 48.5 Å². The van der Waals surface area contributed by atoms with E-state index in [4.69, 9.17) is 0 Å². The Balaban J connectivity index is 1.97. The number of nitrogens with one attached hydrogen (secondary N) is 1. The minimum Gasteiger partial charge on any atom is -0.362 e. The van der Waals surface area contributed by atoms with Crippen LogP contribution in [0.3, 0.4) is 0 Å². The predicted molar refractivity (Wildman–Crippen MR) is 90.4 cm³/mol. The Morgan fingerprint density at radius 3 is 2.32 bits per heavy atom. The average molecular weight is 428 g/mol. The maximum absolute atomic E-state index is 11.9. The molecule has 19 heavy (non-hydrogen) atoms. The van der Waals surface area contributed by atoms with Crippen molar-refractivity contribution in [1.29, 1.82) is 0 Å². The number of hydrogen-bond acceptors (Lipinski definition) is 2. The van der Waals surface area contributed by atoms with Gasteiger partial charge >= 0.3 is 0 Å². The minimum atomic E-state index is -0.0130. The minimum absolute atomic E-state index is 0.0130. The zero-order valence-electron chi connectivity index (χ0n) is 9.94. The summed E-state index contributed by atoms with van der Waals surface area (Å²) in [5.41, 5.74) is 1.63. The lowest BCUT2D eigenvalue weighted by molar-refractivity contribution is 0.104. The highest BCUT2D eigenvalue weighted by atomic mass is 127. The largest absolute Gasteiger partial charge is 0.362 e. The molecule has 0 aliphatic carbocycles. The molecule has 0 saturated carbocycles. The van der Waals surface area contributed by atoms with Crippen LogP contribution in [0.25, 0.3) is 0 Å². The number of allylic oxidation sites excluding steroid dienone is 1. The van der Waals surface area contributed by atoms with Crippen LogP contribution in [0.4, 0.5) is 5.69 Å². The van der Waals surface area contributed by atoms with Gasteiger partial charge in [0.15, 0.2) is 5.78 Å². The fraction of sp³-hybridized carbons (Fsp3) is 0. The second kappa shape index (κ2) is 6.86. The smallest absolute Gasteiger partial charge is 0.187 e. The summed E-state index contributed by atoms with van der Waals surface area (Å²) < 4.78 is 2.14. The van der Waals surface area contributed by atoms with Gasteiger partial charge in [-0.15, -0.1) is 0 Å². The molecule has 0 saturated heterocycles. The van der Waals surface area contributed by atoms with Gasteiger partial charge in [0.2, 0.25) is 0 Å². The monoisotopic (exact) mass is 427 g/mol. The van der Waals surface area contributed by atoms with Crippen LogP contribution in [0.15, 0.2) is 65.3 Å². The van der Waals surface area contributed by atoms with E-state index in [2.05, 4.69) is 43.8 Å². The zero-order chi connectivity index (χ0) is 13.7. The van der Waals surface area contributed by atoms with Crippen LogP contribution in [-0.2, 0) is 0 Å². The molecular formula is C15H11BrINO. The van der Waals surface area contributed by atoms with Gasteiger partial charge in [0.25, 0.3) is 0 Å². The molecule has 0 fully saturated rings. The molecule has 1 N–H and O–H groups in total. The molecule has 0 unspecified atom stereocenters. The van der Waals surface area contributed by atoms with Gasteiger partial charge in [-0.2, -0.15) is 0 Å². The highest BCUT2D eigenvalue weighted by Gasteiger charge is 2.00. The van der Waals surface area contributed by atoms with E-state index in [-0.39, 0.29) is 5.78 Å². The molecule has 0 atom stereocenters. The van der Waals surface area contributed by atoms with Crippen LogP contribution >= 0.6 is 38.5 Å². The van der Waals surface area contributed by atoms with E-state index in [0.717, 1.165) is 13.7 Å². The molecule has 0 aromatic heterocycles. The summed E-state index contributed by atoms with van der Waals surface area (Å²) >= 11 is 5.59. The van der Waals surface area contributed by atoms with Crippen molar-refractivity contribution in [2.24, 2.45) is 0 Å². The van der Waals surface area contributed by atoms with Gasteiger partial charge in [-0.05, 0) is 59.0 Å². The molecule has 96 valence electrons. The van der Waals surface area contributed by atoms with E-state index in [1.54, 1.807) is 6.20 Å². The maximum Gasteiger partial charge on any atom is 0.187 e. The van der Waals surface area contributed by atoms with Crippen LogP contribution in [0, 0.1) is 3.57 Å². The molecule has 4 heteroatoms. The van der Waals surface area contributed by atoms with Crippen molar-refractivity contribution in [2.45, 2.75) is 0 Å². The highest BCUT2D eigenvalue weighted by Crippen LogP contribution is 2.14. The summed E-state index contributed by atoms with van der Waals surface area (Å²) in [5.74, 6) is -0.0130.